The van der Waals surface area contributed by atoms with Crippen molar-refractivity contribution < 1.29 is 0 Å². The second-order valence-electron chi connectivity index (χ2n) is 5.58. The maximum atomic E-state index is 4.44. The minimum absolute atomic E-state index is 0.639. The van der Waals surface area contributed by atoms with Crippen molar-refractivity contribution in [1.82, 2.24) is 24.4 Å². The molecule has 0 saturated heterocycles. The summed E-state index contributed by atoms with van der Waals surface area (Å²) in [7, 11) is 0. The summed E-state index contributed by atoms with van der Waals surface area (Å²) in [6.07, 6.45) is 5.09. The Morgan fingerprint density at radius 1 is 1.24 bits per heavy atom. The third-order valence-electron chi connectivity index (χ3n) is 3.78. The summed E-state index contributed by atoms with van der Waals surface area (Å²) in [5.74, 6) is 2.67. The minimum Gasteiger partial charge on any atom is -0.374 e. The van der Waals surface area contributed by atoms with E-state index < -0.39 is 0 Å². The van der Waals surface area contributed by atoms with Crippen molar-refractivity contribution in [3.63, 3.8) is 0 Å². The molecule has 0 bridgehead atoms. The number of nitrogens with zero attached hydrogens (tertiary/aromatic N) is 5. The van der Waals surface area contributed by atoms with Crippen LogP contribution in [0.1, 0.15) is 56.1 Å². The summed E-state index contributed by atoms with van der Waals surface area (Å²) < 4.78 is 6.42. The second-order valence-corrected chi connectivity index (χ2v) is 7.28. The number of anilines is 1. The fourth-order valence-corrected chi connectivity index (χ4v) is 4.10. The Morgan fingerprint density at radius 2 is 2.10 bits per heavy atom. The van der Waals surface area contributed by atoms with Crippen LogP contribution in [0.5, 0.6) is 0 Å². The van der Waals surface area contributed by atoms with Gasteiger partial charge in [-0.25, -0.2) is 0 Å². The molecule has 0 aromatic carbocycles. The van der Waals surface area contributed by atoms with E-state index in [1.54, 1.807) is 11.8 Å². The lowest BCUT2D eigenvalue weighted by Gasteiger charge is -2.07. The summed E-state index contributed by atoms with van der Waals surface area (Å²) in [6, 6.07) is 0.639. The van der Waals surface area contributed by atoms with Gasteiger partial charge in [0.25, 0.3) is 0 Å². The number of nitrogens with one attached hydrogen (secondary N) is 1. The molecule has 21 heavy (non-hydrogen) atoms. The normalized spacial score (nSPS) is 18.1. The van der Waals surface area contributed by atoms with Crippen LogP contribution >= 0.6 is 23.3 Å². The standard InChI is InChI=1S/C13H18N6S2/c1-2-14-12-10(15-18-21-12)7-20-13-17-16-11(8-3-4-8)19(13)9-5-6-9/h8-9,14H,2-7H2,1H3. The maximum Gasteiger partial charge on any atom is 0.191 e. The molecule has 112 valence electrons. The number of aromatic nitrogens is 5. The SMILES string of the molecule is CCNc1snnc1CSc1nnc(C2CC2)n1C1CC1. The van der Waals surface area contributed by atoms with Crippen LogP contribution in [-0.4, -0.2) is 30.9 Å². The van der Waals surface area contributed by atoms with Crippen molar-refractivity contribution in [2.75, 3.05) is 11.9 Å². The molecule has 0 radical (unpaired) electrons. The molecule has 8 heteroatoms. The van der Waals surface area contributed by atoms with Gasteiger partial charge in [0.15, 0.2) is 5.16 Å². The Labute approximate surface area is 131 Å². The van der Waals surface area contributed by atoms with Gasteiger partial charge < -0.3 is 9.88 Å². The Bertz CT molecular complexity index is 628. The quantitative estimate of drug-likeness (QED) is 0.790. The molecule has 0 spiro atoms. The second kappa shape index (κ2) is 5.57. The van der Waals surface area contributed by atoms with E-state index in [0.29, 0.717) is 12.0 Å². The van der Waals surface area contributed by atoms with Crippen molar-refractivity contribution in [1.29, 1.82) is 0 Å². The van der Waals surface area contributed by atoms with Crippen LogP contribution in [0.4, 0.5) is 5.00 Å². The third-order valence-corrected chi connectivity index (χ3v) is 5.46. The van der Waals surface area contributed by atoms with Crippen LogP contribution < -0.4 is 5.32 Å². The summed E-state index contributed by atoms with van der Waals surface area (Å²) in [4.78, 5) is 0. The molecule has 2 heterocycles. The first kappa shape index (κ1) is 13.5. The van der Waals surface area contributed by atoms with Crippen LogP contribution in [0.3, 0.4) is 0 Å². The van der Waals surface area contributed by atoms with E-state index in [1.807, 2.05) is 0 Å². The zero-order chi connectivity index (χ0) is 14.2. The first-order valence-corrected chi connectivity index (χ1v) is 9.25. The Kier molecular flexibility index (Phi) is 3.58. The highest BCUT2D eigenvalue weighted by Gasteiger charge is 2.36. The van der Waals surface area contributed by atoms with Gasteiger partial charge in [0, 0.05) is 35.8 Å². The monoisotopic (exact) mass is 322 g/mol. The maximum absolute atomic E-state index is 4.44. The van der Waals surface area contributed by atoms with Crippen molar-refractivity contribution in [3.05, 3.63) is 11.5 Å². The average molecular weight is 322 g/mol. The minimum atomic E-state index is 0.639. The number of rotatable bonds is 7. The molecule has 2 aromatic heterocycles. The van der Waals surface area contributed by atoms with Crippen LogP contribution in [-0.2, 0) is 5.75 Å². The predicted octanol–water partition coefficient (Wildman–Crippen LogP) is 3.07. The fraction of sp³-hybridized carbons (Fsp3) is 0.692. The first-order valence-electron chi connectivity index (χ1n) is 7.49. The van der Waals surface area contributed by atoms with E-state index in [2.05, 4.69) is 36.6 Å². The van der Waals surface area contributed by atoms with Crippen LogP contribution in [0.25, 0.3) is 0 Å². The van der Waals surface area contributed by atoms with Crippen molar-refractivity contribution in [2.24, 2.45) is 0 Å². The van der Waals surface area contributed by atoms with Crippen LogP contribution in [0.2, 0.25) is 0 Å². The lowest BCUT2D eigenvalue weighted by Crippen LogP contribution is -2.02. The molecule has 6 nitrogen and oxygen atoms in total. The average Bonchev–Trinajstić information content (AvgIpc) is 3.41. The zero-order valence-corrected chi connectivity index (χ0v) is 13.6. The van der Waals surface area contributed by atoms with Gasteiger partial charge in [-0.3, -0.25) is 0 Å². The molecule has 4 rings (SSSR count). The van der Waals surface area contributed by atoms with Crippen LogP contribution in [0, 0.1) is 0 Å². The summed E-state index contributed by atoms with van der Waals surface area (Å²) in [5.41, 5.74) is 1.02. The molecule has 1 N–H and O–H groups in total. The first-order chi connectivity index (χ1) is 10.4. The van der Waals surface area contributed by atoms with E-state index in [4.69, 9.17) is 0 Å². The highest BCUT2D eigenvalue weighted by molar-refractivity contribution is 7.98. The van der Waals surface area contributed by atoms with E-state index >= 15 is 0 Å². The Balaban J connectivity index is 1.50. The molecular formula is C13H18N6S2. The molecule has 2 aliphatic carbocycles. The van der Waals surface area contributed by atoms with E-state index in [0.717, 1.165) is 28.1 Å². The summed E-state index contributed by atoms with van der Waals surface area (Å²) in [5, 5.41) is 18.5. The highest BCUT2D eigenvalue weighted by Crippen LogP contribution is 2.46. The van der Waals surface area contributed by atoms with Crippen LogP contribution in [0.15, 0.2) is 5.16 Å². The van der Waals surface area contributed by atoms with Crippen molar-refractivity contribution >= 4 is 28.3 Å². The van der Waals surface area contributed by atoms with E-state index in [1.165, 1.54) is 43.0 Å². The Morgan fingerprint density at radius 3 is 2.81 bits per heavy atom. The molecule has 0 aliphatic heterocycles. The molecule has 0 amide bonds. The van der Waals surface area contributed by atoms with Gasteiger partial charge in [0.05, 0.1) is 0 Å². The van der Waals surface area contributed by atoms with Gasteiger partial charge in [-0.1, -0.05) is 16.3 Å². The van der Waals surface area contributed by atoms with Crippen molar-refractivity contribution in [3.8, 4) is 0 Å². The largest absolute Gasteiger partial charge is 0.374 e. The number of hydrogen-bond acceptors (Lipinski definition) is 7. The van der Waals surface area contributed by atoms with Gasteiger partial charge in [0.2, 0.25) is 0 Å². The lowest BCUT2D eigenvalue weighted by molar-refractivity contribution is 0.627. The topological polar surface area (TPSA) is 68.5 Å². The zero-order valence-electron chi connectivity index (χ0n) is 11.9. The number of thioether (sulfide) groups is 1. The van der Waals surface area contributed by atoms with Gasteiger partial charge in [-0.05, 0) is 32.6 Å². The molecule has 0 unspecified atom stereocenters. The smallest absolute Gasteiger partial charge is 0.191 e. The third kappa shape index (κ3) is 2.78. The highest BCUT2D eigenvalue weighted by atomic mass is 32.2. The van der Waals surface area contributed by atoms with E-state index in [-0.39, 0.29) is 0 Å². The molecule has 2 aliphatic rings. The molecule has 2 saturated carbocycles. The van der Waals surface area contributed by atoms with Gasteiger partial charge >= 0.3 is 0 Å². The number of hydrogen-bond donors (Lipinski definition) is 1. The fourth-order valence-electron chi connectivity index (χ4n) is 2.41. The van der Waals surface area contributed by atoms with Gasteiger partial charge in [-0.2, -0.15) is 0 Å². The van der Waals surface area contributed by atoms with E-state index in [9.17, 15) is 0 Å². The molecular weight excluding hydrogens is 304 g/mol. The Hall–Kier alpha value is -1.15. The predicted molar refractivity (Wildman–Crippen MR) is 83.9 cm³/mol. The molecule has 2 fully saturated rings. The van der Waals surface area contributed by atoms with Gasteiger partial charge in [0.1, 0.15) is 16.5 Å². The summed E-state index contributed by atoms with van der Waals surface area (Å²) in [6.45, 7) is 2.98. The lowest BCUT2D eigenvalue weighted by atomic mass is 10.4. The van der Waals surface area contributed by atoms with Gasteiger partial charge in [-0.15, -0.1) is 15.3 Å². The summed E-state index contributed by atoms with van der Waals surface area (Å²) >= 11 is 3.16. The molecule has 0 atom stereocenters. The molecule has 2 aromatic rings. The van der Waals surface area contributed by atoms with Crippen molar-refractivity contribution in [2.45, 2.75) is 55.5 Å².